The van der Waals surface area contributed by atoms with Gasteiger partial charge in [-0.3, -0.25) is 0 Å². The standard InChI is InChI=1S/C23H29.2C10H13.C5H5.CH2.2ClH.Zr/c1-14-9-16-11-17-10-15(2)21(23(6,7)8)13-19(17)18(16)12-20(14)22(3,4)5;2*1-10(2,3)9-7-5-4-6-8-9;1-2-4-5-3-1;;;;/h9-13H,1-8H3;2*5-8H,1-3H3;1-5H;1H2;2*1H;/q;;;;;;;+2/p-2. The summed E-state index contributed by atoms with van der Waals surface area (Å²) in [4.78, 5) is 0. The third kappa shape index (κ3) is 5.25. The molecule has 0 bridgehead atoms. The van der Waals surface area contributed by atoms with E-state index in [1.54, 1.807) is 0 Å². The van der Waals surface area contributed by atoms with Crippen LogP contribution in [0.3, 0.4) is 0 Å². The average Bonchev–Trinajstić information content (AvgIpc) is 3.67. The van der Waals surface area contributed by atoms with Crippen LogP contribution in [0.2, 0.25) is 3.63 Å². The Balaban J connectivity index is 1.93. The van der Waals surface area contributed by atoms with Gasteiger partial charge in [-0.25, -0.2) is 0 Å². The van der Waals surface area contributed by atoms with Crippen molar-refractivity contribution in [1.82, 2.24) is 0 Å². The Hall–Kier alpha value is -2.31. The number of benzene rings is 4. The van der Waals surface area contributed by atoms with Crippen LogP contribution < -0.4 is 6.54 Å². The zero-order valence-corrected chi connectivity index (χ0v) is 38.3. The first kappa shape index (κ1) is 39.4. The number of hydrogen-bond donors (Lipinski definition) is 0. The van der Waals surface area contributed by atoms with Crippen LogP contribution in [-0.2, 0) is 34.6 Å². The van der Waals surface area contributed by atoms with Crippen LogP contribution in [0.25, 0.3) is 11.1 Å². The number of halogens is 2. The van der Waals surface area contributed by atoms with E-state index in [1.165, 1.54) is 55.6 Å². The van der Waals surface area contributed by atoms with Gasteiger partial charge in [-0.15, -0.1) is 0 Å². The number of fused-ring (bicyclic) bond motifs is 3. The molecule has 0 aromatic heterocycles. The molecule has 4 aromatic rings. The number of hydrogen-bond acceptors (Lipinski definition) is 0. The average molecular weight is 813 g/mol. The molecule has 0 saturated heterocycles. The Kier molecular flexibility index (Phi) is 8.27. The number of allylic oxidation sites excluding steroid dienone is 4. The fourth-order valence-electron chi connectivity index (χ4n) is 10.2. The van der Waals surface area contributed by atoms with Crippen LogP contribution in [0.5, 0.6) is 0 Å². The first-order valence-electron chi connectivity index (χ1n) is 19.3. The zero-order chi connectivity index (χ0) is 38.8. The third-order valence-corrected chi connectivity index (χ3v) is 46.2. The van der Waals surface area contributed by atoms with Gasteiger partial charge in [-0.1, -0.05) is 0 Å². The van der Waals surface area contributed by atoms with Gasteiger partial charge in [-0.2, -0.15) is 0 Å². The van der Waals surface area contributed by atoms with Crippen molar-refractivity contribution < 1.29 is 12.9 Å². The molecule has 0 saturated carbocycles. The van der Waals surface area contributed by atoms with E-state index in [0.717, 1.165) is 6.54 Å². The second kappa shape index (κ2) is 10.9. The van der Waals surface area contributed by atoms with Gasteiger partial charge < -0.3 is 0 Å². The van der Waals surface area contributed by atoms with Gasteiger partial charge in [0.1, 0.15) is 0 Å². The van der Waals surface area contributed by atoms with Crippen molar-refractivity contribution in [2.75, 3.05) is 0 Å². The maximum atomic E-state index is 9.47. The Morgan fingerprint density at radius 2 is 0.827 bits per heavy atom. The third-order valence-electron chi connectivity index (χ3n) is 13.3. The van der Waals surface area contributed by atoms with E-state index >= 15 is 0 Å². The molecule has 0 radical (unpaired) electrons. The molecule has 2 aliphatic carbocycles. The van der Waals surface area contributed by atoms with Crippen LogP contribution in [0, 0.1) is 13.8 Å². The van der Waals surface area contributed by atoms with Gasteiger partial charge in [0.2, 0.25) is 0 Å². The molecule has 0 N–H and O–H groups in total. The predicted octanol–water partition coefficient (Wildman–Crippen LogP) is 13.6. The zero-order valence-electron chi connectivity index (χ0n) is 34.4. The molecule has 0 fully saturated rings. The van der Waals surface area contributed by atoms with Crippen LogP contribution in [0.4, 0.5) is 0 Å². The molecular weight excluding hydrogens is 751 g/mol. The molecule has 6 rings (SSSR count). The summed E-state index contributed by atoms with van der Waals surface area (Å²) in [5.41, 5.74) is 12.3. The summed E-state index contributed by atoms with van der Waals surface area (Å²) >= 11 is -7.25. The van der Waals surface area contributed by atoms with Crippen molar-refractivity contribution >= 4 is 27.8 Å². The van der Waals surface area contributed by atoms with Gasteiger partial charge in [0.05, 0.1) is 0 Å². The van der Waals surface area contributed by atoms with Crippen LogP contribution >= 0.6 is 17.0 Å². The number of aryl methyl sites for hydroxylation is 2. The Labute approximate surface area is 316 Å². The van der Waals surface area contributed by atoms with E-state index in [2.05, 4.69) is 194 Å². The van der Waals surface area contributed by atoms with Crippen molar-refractivity contribution in [3.05, 3.63) is 142 Å². The van der Waals surface area contributed by atoms with E-state index in [4.69, 9.17) is 4.21 Å². The fraction of sp³-hybridized carbons (Fsp3) is 0.408. The summed E-state index contributed by atoms with van der Waals surface area (Å²) in [6, 6.07) is 27.7. The molecule has 0 unspecified atom stereocenters. The van der Waals surface area contributed by atoms with Crippen molar-refractivity contribution in [2.45, 2.75) is 126 Å². The van der Waals surface area contributed by atoms with E-state index < -0.39 is 16.6 Å². The summed E-state index contributed by atoms with van der Waals surface area (Å²) in [5, 5.41) is 0. The van der Waals surface area contributed by atoms with E-state index in [-0.39, 0.29) is 25.3 Å². The van der Waals surface area contributed by atoms with E-state index in [0.29, 0.717) is 0 Å². The molecule has 2 aliphatic rings. The Bertz CT molecular complexity index is 2160. The SMILES string of the molecule is [CH2]=[Zr]([Cl])([Cl])([c]1ccc(C(C)(C)C)cc1)([c]1ccc(C(C)(C)C)cc1)([CH]1C=CC=C1)[CH]1c2cc(C)c(C(C)(C)C)cc2-c2cc(C(C)(C)C)c(C)cc21. The van der Waals surface area contributed by atoms with E-state index in [9.17, 15) is 17.0 Å². The van der Waals surface area contributed by atoms with Crippen LogP contribution in [-0.4, -0.2) is 4.21 Å². The van der Waals surface area contributed by atoms with Crippen LogP contribution in [0.1, 0.15) is 131 Å². The molecule has 0 heterocycles. The van der Waals surface area contributed by atoms with Crippen molar-refractivity contribution in [2.24, 2.45) is 0 Å². The molecule has 0 atom stereocenters. The molecule has 52 heavy (non-hydrogen) atoms. The molecule has 4 aromatic carbocycles. The van der Waals surface area contributed by atoms with Gasteiger partial charge >= 0.3 is 319 Å². The quantitative estimate of drug-likeness (QED) is 0.193. The van der Waals surface area contributed by atoms with Crippen molar-refractivity contribution in [3.8, 4) is 11.1 Å². The fourth-order valence-corrected chi connectivity index (χ4v) is 38.2. The van der Waals surface area contributed by atoms with Crippen molar-refractivity contribution in [1.29, 1.82) is 0 Å². The summed E-state index contributed by atoms with van der Waals surface area (Å²) < 4.78 is 6.76. The Morgan fingerprint density at radius 3 is 1.12 bits per heavy atom. The summed E-state index contributed by atoms with van der Waals surface area (Å²) in [5.74, 6) is 0. The topological polar surface area (TPSA) is 0 Å². The van der Waals surface area contributed by atoms with E-state index in [1.807, 2.05) is 0 Å². The molecule has 0 nitrogen and oxygen atoms in total. The summed E-state index contributed by atoms with van der Waals surface area (Å²) in [6.45, 7) is 31.9. The summed E-state index contributed by atoms with van der Waals surface area (Å²) in [7, 11) is 18.9. The Morgan fingerprint density at radius 1 is 0.500 bits per heavy atom. The minimum atomic E-state index is -7.25. The normalized spacial score (nSPS) is 17.7. The molecular formula is C49H62Cl2Zr. The van der Waals surface area contributed by atoms with Crippen molar-refractivity contribution in [3.63, 3.8) is 0 Å². The molecule has 0 amide bonds. The minimum absolute atomic E-state index is 0.0447. The van der Waals surface area contributed by atoms with Gasteiger partial charge in [0.25, 0.3) is 0 Å². The van der Waals surface area contributed by atoms with Gasteiger partial charge in [-0.05, 0) is 0 Å². The van der Waals surface area contributed by atoms with Gasteiger partial charge in [0, 0.05) is 0 Å². The number of rotatable bonds is 4. The summed E-state index contributed by atoms with van der Waals surface area (Å²) in [6.07, 6.45) is 8.74. The second-order valence-corrected chi connectivity index (χ2v) is 56.9. The van der Waals surface area contributed by atoms with Gasteiger partial charge in [0.15, 0.2) is 0 Å². The molecule has 0 spiro atoms. The first-order valence-corrected chi connectivity index (χ1v) is 32.6. The maximum absolute atomic E-state index is 9.47. The first-order chi connectivity index (χ1) is 23.5. The molecule has 276 valence electrons. The molecule has 0 aliphatic heterocycles. The second-order valence-electron chi connectivity index (χ2n) is 21.2. The van der Waals surface area contributed by atoms with Crippen LogP contribution in [0.15, 0.2) is 97.1 Å². The monoisotopic (exact) mass is 810 g/mol. The molecule has 3 heteroatoms. The predicted molar refractivity (Wildman–Crippen MR) is 231 cm³/mol.